The molecule has 21 heavy (non-hydrogen) atoms. The molecule has 0 saturated heterocycles. The standard InChI is InChI=1S/C16H24ClFN2O/c1-11-4-3-7-16(10-11,21-2)15(20-19)9-12-5-6-14(18)13(17)8-12/h5-6,8,11,15,20H,3-4,7,9-10,19H2,1-2H3. The van der Waals surface area contributed by atoms with Gasteiger partial charge in [-0.05, 0) is 42.9 Å². The zero-order chi connectivity index (χ0) is 15.5. The highest BCUT2D eigenvalue weighted by Crippen LogP contribution is 2.38. The maximum Gasteiger partial charge on any atom is 0.141 e. The number of hydrogen-bond acceptors (Lipinski definition) is 3. The van der Waals surface area contributed by atoms with Crippen LogP contribution in [0.4, 0.5) is 4.39 Å². The molecule has 118 valence electrons. The minimum absolute atomic E-state index is 0.0215. The maximum absolute atomic E-state index is 13.3. The molecule has 0 spiro atoms. The minimum Gasteiger partial charge on any atom is -0.377 e. The van der Waals surface area contributed by atoms with Crippen LogP contribution in [0.3, 0.4) is 0 Å². The molecule has 1 aromatic rings. The predicted molar refractivity (Wildman–Crippen MR) is 83.6 cm³/mol. The molecular formula is C16H24ClFN2O. The average Bonchev–Trinajstić information content (AvgIpc) is 2.48. The van der Waals surface area contributed by atoms with Crippen molar-refractivity contribution in [3.05, 3.63) is 34.6 Å². The summed E-state index contributed by atoms with van der Waals surface area (Å²) in [5.74, 6) is 6.01. The van der Waals surface area contributed by atoms with Crippen LogP contribution in [0, 0.1) is 11.7 Å². The number of ether oxygens (including phenoxy) is 1. The number of benzene rings is 1. The Bertz CT molecular complexity index is 485. The van der Waals surface area contributed by atoms with E-state index in [1.807, 2.05) is 0 Å². The van der Waals surface area contributed by atoms with Crippen LogP contribution in [0.2, 0.25) is 5.02 Å². The monoisotopic (exact) mass is 314 g/mol. The van der Waals surface area contributed by atoms with Gasteiger partial charge < -0.3 is 4.74 Å². The largest absolute Gasteiger partial charge is 0.377 e. The first-order valence-electron chi connectivity index (χ1n) is 7.46. The lowest BCUT2D eigenvalue weighted by Gasteiger charge is -2.44. The van der Waals surface area contributed by atoms with Gasteiger partial charge in [0.1, 0.15) is 5.82 Å². The lowest BCUT2D eigenvalue weighted by Crippen LogP contribution is -2.57. The quantitative estimate of drug-likeness (QED) is 0.646. The minimum atomic E-state index is -0.398. The molecule has 0 aromatic heterocycles. The van der Waals surface area contributed by atoms with Crippen LogP contribution in [0.25, 0.3) is 0 Å². The maximum atomic E-state index is 13.3. The highest BCUT2D eigenvalue weighted by atomic mass is 35.5. The Hall–Kier alpha value is -0.680. The molecule has 0 aliphatic heterocycles. The molecular weight excluding hydrogens is 291 g/mol. The van der Waals surface area contributed by atoms with Crippen molar-refractivity contribution in [2.24, 2.45) is 11.8 Å². The summed E-state index contributed by atoms with van der Waals surface area (Å²) < 4.78 is 19.1. The van der Waals surface area contributed by atoms with Gasteiger partial charge in [-0.15, -0.1) is 0 Å². The van der Waals surface area contributed by atoms with Gasteiger partial charge in [-0.1, -0.05) is 37.4 Å². The molecule has 3 atom stereocenters. The van der Waals surface area contributed by atoms with Crippen LogP contribution in [-0.2, 0) is 11.2 Å². The molecule has 2 rings (SSSR count). The normalized spacial score (nSPS) is 27.6. The van der Waals surface area contributed by atoms with E-state index in [-0.39, 0.29) is 16.7 Å². The number of hydrogen-bond donors (Lipinski definition) is 2. The molecule has 0 bridgehead atoms. The Morgan fingerprint density at radius 3 is 2.90 bits per heavy atom. The third-order valence-electron chi connectivity index (χ3n) is 4.66. The third kappa shape index (κ3) is 3.75. The van der Waals surface area contributed by atoms with Gasteiger partial charge in [0.2, 0.25) is 0 Å². The summed E-state index contributed by atoms with van der Waals surface area (Å²) in [7, 11) is 1.75. The zero-order valence-electron chi connectivity index (χ0n) is 12.7. The lowest BCUT2D eigenvalue weighted by atomic mass is 9.73. The second kappa shape index (κ2) is 7.05. The smallest absolute Gasteiger partial charge is 0.141 e. The predicted octanol–water partition coefficient (Wildman–Crippen LogP) is 3.45. The van der Waals surface area contributed by atoms with E-state index in [1.165, 1.54) is 12.5 Å². The average molecular weight is 315 g/mol. The second-order valence-electron chi connectivity index (χ2n) is 6.14. The van der Waals surface area contributed by atoms with Gasteiger partial charge in [0.15, 0.2) is 0 Å². The Balaban J connectivity index is 2.19. The van der Waals surface area contributed by atoms with Crippen molar-refractivity contribution in [3.63, 3.8) is 0 Å². The molecule has 5 heteroatoms. The lowest BCUT2D eigenvalue weighted by molar-refractivity contribution is -0.0791. The molecule has 0 amide bonds. The first-order valence-corrected chi connectivity index (χ1v) is 7.84. The fourth-order valence-corrected chi connectivity index (χ4v) is 3.69. The summed E-state index contributed by atoms with van der Waals surface area (Å²) in [6.07, 6.45) is 4.99. The number of rotatable bonds is 5. The molecule has 3 unspecified atom stereocenters. The number of nitrogens with two attached hydrogens (primary N) is 1. The summed E-state index contributed by atoms with van der Waals surface area (Å²) >= 11 is 5.86. The van der Waals surface area contributed by atoms with E-state index >= 15 is 0 Å². The highest BCUT2D eigenvalue weighted by Gasteiger charge is 2.41. The van der Waals surface area contributed by atoms with Crippen molar-refractivity contribution in [2.75, 3.05) is 7.11 Å². The van der Waals surface area contributed by atoms with Gasteiger partial charge in [-0.3, -0.25) is 11.3 Å². The van der Waals surface area contributed by atoms with Crippen LogP contribution in [0.15, 0.2) is 18.2 Å². The Labute approximate surface area is 131 Å². The van der Waals surface area contributed by atoms with Crippen molar-refractivity contribution in [3.8, 4) is 0 Å². The van der Waals surface area contributed by atoms with Crippen molar-refractivity contribution in [1.29, 1.82) is 0 Å². The van der Waals surface area contributed by atoms with Crippen LogP contribution in [0.1, 0.15) is 38.2 Å². The SMILES string of the molecule is COC1(C(Cc2ccc(F)c(Cl)c2)NN)CCCC(C)C1. The van der Waals surface area contributed by atoms with Crippen molar-refractivity contribution in [1.82, 2.24) is 5.43 Å². The molecule has 1 aromatic carbocycles. The number of hydrazine groups is 1. The Morgan fingerprint density at radius 2 is 2.33 bits per heavy atom. The fraction of sp³-hybridized carbons (Fsp3) is 0.625. The zero-order valence-corrected chi connectivity index (χ0v) is 13.4. The van der Waals surface area contributed by atoms with E-state index < -0.39 is 5.82 Å². The van der Waals surface area contributed by atoms with Crippen molar-refractivity contribution in [2.45, 2.75) is 50.7 Å². The van der Waals surface area contributed by atoms with Crippen LogP contribution in [0.5, 0.6) is 0 Å². The van der Waals surface area contributed by atoms with Crippen molar-refractivity contribution < 1.29 is 9.13 Å². The summed E-state index contributed by atoms with van der Waals surface area (Å²) in [5, 5.41) is 0.145. The first kappa shape index (κ1) is 16.7. The van der Waals surface area contributed by atoms with Crippen LogP contribution in [-0.4, -0.2) is 18.8 Å². The Kier molecular flexibility index (Phi) is 5.60. The highest BCUT2D eigenvalue weighted by molar-refractivity contribution is 6.30. The number of halogens is 2. The Morgan fingerprint density at radius 1 is 1.57 bits per heavy atom. The van der Waals surface area contributed by atoms with Crippen LogP contribution >= 0.6 is 11.6 Å². The molecule has 1 fully saturated rings. The van der Waals surface area contributed by atoms with E-state index in [4.69, 9.17) is 22.2 Å². The van der Waals surface area contributed by atoms with Gasteiger partial charge in [0, 0.05) is 7.11 Å². The summed E-state index contributed by atoms with van der Waals surface area (Å²) in [6, 6.07) is 4.79. The van der Waals surface area contributed by atoms with Gasteiger partial charge in [0.05, 0.1) is 16.7 Å². The summed E-state index contributed by atoms with van der Waals surface area (Å²) in [6.45, 7) is 2.25. The molecule has 1 saturated carbocycles. The number of nitrogens with one attached hydrogen (secondary N) is 1. The summed E-state index contributed by atoms with van der Waals surface area (Å²) in [5.41, 5.74) is 3.59. The van der Waals surface area contributed by atoms with E-state index in [1.54, 1.807) is 19.2 Å². The molecule has 1 aliphatic carbocycles. The van der Waals surface area contributed by atoms with E-state index in [0.717, 1.165) is 24.8 Å². The topological polar surface area (TPSA) is 47.3 Å². The molecule has 0 heterocycles. The fourth-order valence-electron chi connectivity index (χ4n) is 3.49. The summed E-state index contributed by atoms with van der Waals surface area (Å²) in [4.78, 5) is 0. The molecule has 1 aliphatic rings. The number of methoxy groups -OCH3 is 1. The molecule has 0 radical (unpaired) electrons. The molecule has 3 nitrogen and oxygen atoms in total. The molecule has 3 N–H and O–H groups in total. The van der Waals surface area contributed by atoms with E-state index in [2.05, 4.69) is 12.3 Å². The van der Waals surface area contributed by atoms with Crippen molar-refractivity contribution >= 4 is 11.6 Å². The first-order chi connectivity index (χ1) is 10.0. The van der Waals surface area contributed by atoms with E-state index in [9.17, 15) is 4.39 Å². The van der Waals surface area contributed by atoms with Crippen LogP contribution < -0.4 is 11.3 Å². The van der Waals surface area contributed by atoms with Gasteiger partial charge in [-0.2, -0.15) is 0 Å². The van der Waals surface area contributed by atoms with Gasteiger partial charge >= 0.3 is 0 Å². The van der Waals surface area contributed by atoms with Gasteiger partial charge in [-0.25, -0.2) is 4.39 Å². The second-order valence-corrected chi connectivity index (χ2v) is 6.55. The van der Waals surface area contributed by atoms with E-state index in [0.29, 0.717) is 12.3 Å². The van der Waals surface area contributed by atoms with Gasteiger partial charge in [0.25, 0.3) is 0 Å². The third-order valence-corrected chi connectivity index (χ3v) is 4.95.